The van der Waals surface area contributed by atoms with Gasteiger partial charge in [0.1, 0.15) is 0 Å². The van der Waals surface area contributed by atoms with Crippen molar-refractivity contribution in [2.24, 2.45) is 0 Å². The van der Waals surface area contributed by atoms with Gasteiger partial charge in [-0.1, -0.05) is 37.6 Å². The highest BCUT2D eigenvalue weighted by atomic mass is 35.5. The van der Waals surface area contributed by atoms with Crippen molar-refractivity contribution in [1.29, 1.82) is 0 Å². The Morgan fingerprint density at radius 3 is 2.94 bits per heavy atom. The van der Waals surface area contributed by atoms with Gasteiger partial charge in [0.2, 0.25) is 5.91 Å². The minimum Gasteiger partial charge on any atom is -0.352 e. The van der Waals surface area contributed by atoms with E-state index >= 15 is 0 Å². The van der Waals surface area contributed by atoms with Gasteiger partial charge in [-0.3, -0.25) is 4.79 Å². The molecule has 1 N–H and O–H groups in total. The largest absolute Gasteiger partial charge is 0.352 e. The highest BCUT2D eigenvalue weighted by Crippen LogP contribution is 2.37. The lowest BCUT2D eigenvalue weighted by molar-refractivity contribution is -0.119. The van der Waals surface area contributed by atoms with Gasteiger partial charge in [0, 0.05) is 22.9 Å². The van der Waals surface area contributed by atoms with Crippen molar-refractivity contribution in [3.05, 3.63) is 34.9 Å². The highest BCUT2D eigenvalue weighted by Gasteiger charge is 2.43. The molecule has 0 spiro atoms. The van der Waals surface area contributed by atoms with Crippen LogP contribution < -0.4 is 5.32 Å². The van der Waals surface area contributed by atoms with E-state index in [0.29, 0.717) is 6.42 Å². The van der Waals surface area contributed by atoms with Gasteiger partial charge < -0.3 is 5.32 Å². The van der Waals surface area contributed by atoms with Gasteiger partial charge in [-0.25, -0.2) is 0 Å². The fraction of sp³-hybridized carbons (Fsp3) is 0.462. The molecule has 0 aliphatic carbocycles. The molecule has 0 bridgehead atoms. The Bertz CT molecular complexity index is 418. The Labute approximate surface area is 101 Å². The maximum absolute atomic E-state index is 11.5. The molecule has 2 unspecified atom stereocenters. The number of hydrogen-bond donors (Lipinski definition) is 1. The molecule has 2 rings (SSSR count). The average Bonchev–Trinajstić information content (AvgIpc) is 2.55. The molecule has 1 aromatic rings. The van der Waals surface area contributed by atoms with Crippen LogP contribution in [0.25, 0.3) is 0 Å². The summed E-state index contributed by atoms with van der Waals surface area (Å²) in [5.74, 6) is 0.134. The van der Waals surface area contributed by atoms with E-state index in [-0.39, 0.29) is 17.4 Å². The molecule has 86 valence electrons. The average molecular weight is 238 g/mol. The van der Waals surface area contributed by atoms with Gasteiger partial charge in [-0.05, 0) is 24.1 Å². The normalized spacial score (nSPS) is 29.2. The summed E-state index contributed by atoms with van der Waals surface area (Å²) in [5, 5.41) is 3.76. The molecule has 1 aliphatic rings. The summed E-state index contributed by atoms with van der Waals surface area (Å²) < 4.78 is 0. The van der Waals surface area contributed by atoms with E-state index in [1.165, 1.54) is 0 Å². The molecule has 3 heteroatoms. The van der Waals surface area contributed by atoms with Crippen molar-refractivity contribution < 1.29 is 4.79 Å². The summed E-state index contributed by atoms with van der Waals surface area (Å²) in [7, 11) is 0. The first kappa shape index (κ1) is 11.5. The number of nitrogens with one attached hydrogen (secondary N) is 1. The lowest BCUT2D eigenvalue weighted by atomic mass is 9.75. The third kappa shape index (κ3) is 1.82. The minimum absolute atomic E-state index is 0.128. The van der Waals surface area contributed by atoms with Gasteiger partial charge in [0.15, 0.2) is 0 Å². The number of rotatable bonds is 2. The van der Waals surface area contributed by atoms with Crippen LogP contribution in [0, 0.1) is 0 Å². The summed E-state index contributed by atoms with van der Waals surface area (Å²) in [4.78, 5) is 11.5. The van der Waals surface area contributed by atoms with Crippen molar-refractivity contribution in [2.45, 2.75) is 38.1 Å². The molecule has 0 aromatic heterocycles. The Balaban J connectivity index is 2.41. The van der Waals surface area contributed by atoms with Crippen molar-refractivity contribution in [1.82, 2.24) is 5.32 Å². The third-order valence-corrected chi connectivity index (χ3v) is 3.76. The first-order valence-corrected chi connectivity index (χ1v) is 5.99. The number of benzene rings is 1. The number of carbonyl (C=O) groups excluding carboxylic acids is 1. The lowest BCUT2D eigenvalue weighted by Crippen LogP contribution is -2.37. The van der Waals surface area contributed by atoms with Gasteiger partial charge >= 0.3 is 0 Å². The van der Waals surface area contributed by atoms with Crippen LogP contribution in [-0.2, 0) is 10.2 Å². The molecule has 1 heterocycles. The molecule has 0 radical (unpaired) electrons. The number of halogens is 1. The maximum Gasteiger partial charge on any atom is 0.221 e. The zero-order chi connectivity index (χ0) is 11.8. The Morgan fingerprint density at radius 1 is 1.56 bits per heavy atom. The van der Waals surface area contributed by atoms with Crippen molar-refractivity contribution in [3.8, 4) is 0 Å². The van der Waals surface area contributed by atoms with E-state index in [1.54, 1.807) is 0 Å². The second kappa shape index (κ2) is 4.10. The fourth-order valence-corrected chi connectivity index (χ4v) is 2.75. The molecule has 1 aromatic carbocycles. The van der Waals surface area contributed by atoms with E-state index in [2.05, 4.69) is 25.2 Å². The second-order valence-electron chi connectivity index (χ2n) is 4.63. The topological polar surface area (TPSA) is 29.1 Å². The molecule has 2 nitrogen and oxygen atoms in total. The monoisotopic (exact) mass is 237 g/mol. The fourth-order valence-electron chi connectivity index (χ4n) is 2.56. The molecule has 1 fully saturated rings. The van der Waals surface area contributed by atoms with Crippen LogP contribution in [0.3, 0.4) is 0 Å². The predicted octanol–water partition coefficient (Wildman–Crippen LogP) is 2.90. The van der Waals surface area contributed by atoms with Crippen molar-refractivity contribution >= 4 is 17.5 Å². The van der Waals surface area contributed by atoms with Crippen molar-refractivity contribution in [2.75, 3.05) is 0 Å². The SMILES string of the molecule is CCC1NC(=O)CC1(C)c1cccc(Cl)c1. The smallest absolute Gasteiger partial charge is 0.221 e. The van der Waals surface area contributed by atoms with E-state index in [0.717, 1.165) is 17.0 Å². The number of amides is 1. The summed E-state index contributed by atoms with van der Waals surface area (Å²) >= 11 is 6.01. The lowest BCUT2D eigenvalue weighted by Gasteiger charge is -2.30. The maximum atomic E-state index is 11.5. The zero-order valence-corrected chi connectivity index (χ0v) is 10.3. The highest BCUT2D eigenvalue weighted by molar-refractivity contribution is 6.30. The van der Waals surface area contributed by atoms with E-state index in [1.807, 2.05) is 18.2 Å². The van der Waals surface area contributed by atoms with Crippen LogP contribution in [-0.4, -0.2) is 11.9 Å². The summed E-state index contributed by atoms with van der Waals surface area (Å²) in [6.45, 7) is 4.23. The van der Waals surface area contributed by atoms with E-state index < -0.39 is 0 Å². The molecule has 16 heavy (non-hydrogen) atoms. The number of carbonyl (C=O) groups is 1. The van der Waals surface area contributed by atoms with Gasteiger partial charge in [-0.2, -0.15) is 0 Å². The molecule has 0 saturated carbocycles. The van der Waals surface area contributed by atoms with Crippen LogP contribution in [0.5, 0.6) is 0 Å². The predicted molar refractivity (Wildman–Crippen MR) is 65.6 cm³/mol. The molecule has 1 saturated heterocycles. The summed E-state index contributed by atoms with van der Waals surface area (Å²) in [6, 6.07) is 8.02. The van der Waals surface area contributed by atoms with E-state index in [9.17, 15) is 4.79 Å². The second-order valence-corrected chi connectivity index (χ2v) is 5.07. The van der Waals surface area contributed by atoms with Crippen LogP contribution in [0.2, 0.25) is 5.02 Å². The Hall–Kier alpha value is -1.02. The van der Waals surface area contributed by atoms with Crippen molar-refractivity contribution in [3.63, 3.8) is 0 Å². The summed E-state index contributed by atoms with van der Waals surface area (Å²) in [5.41, 5.74) is 1.02. The van der Waals surface area contributed by atoms with Crippen LogP contribution in [0.4, 0.5) is 0 Å². The van der Waals surface area contributed by atoms with Gasteiger partial charge in [0.25, 0.3) is 0 Å². The van der Waals surface area contributed by atoms with Gasteiger partial charge in [0.05, 0.1) is 0 Å². The Morgan fingerprint density at radius 2 is 2.31 bits per heavy atom. The molecule has 1 amide bonds. The number of hydrogen-bond acceptors (Lipinski definition) is 1. The first-order valence-electron chi connectivity index (χ1n) is 5.61. The Kier molecular flexibility index (Phi) is 2.94. The summed E-state index contributed by atoms with van der Waals surface area (Å²) in [6.07, 6.45) is 1.49. The zero-order valence-electron chi connectivity index (χ0n) is 9.59. The van der Waals surface area contributed by atoms with E-state index in [4.69, 9.17) is 11.6 Å². The van der Waals surface area contributed by atoms with Crippen LogP contribution in [0.15, 0.2) is 24.3 Å². The first-order chi connectivity index (χ1) is 7.56. The van der Waals surface area contributed by atoms with Crippen LogP contribution in [0.1, 0.15) is 32.3 Å². The molecular weight excluding hydrogens is 222 g/mol. The van der Waals surface area contributed by atoms with Gasteiger partial charge in [-0.15, -0.1) is 0 Å². The molecule has 1 aliphatic heterocycles. The third-order valence-electron chi connectivity index (χ3n) is 3.52. The molecular formula is C13H16ClNO. The standard InChI is InChI=1S/C13H16ClNO/c1-3-11-13(2,8-12(16)15-11)9-5-4-6-10(14)7-9/h4-7,11H,3,8H2,1-2H3,(H,15,16). The van der Waals surface area contributed by atoms with Crippen LogP contribution >= 0.6 is 11.6 Å². The molecule has 2 atom stereocenters. The quantitative estimate of drug-likeness (QED) is 0.842. The minimum atomic E-state index is -0.128.